The van der Waals surface area contributed by atoms with Crippen LogP contribution in [-0.4, -0.2) is 82.0 Å². The van der Waals surface area contributed by atoms with Gasteiger partial charge in [-0.2, -0.15) is 11.8 Å². The van der Waals surface area contributed by atoms with Crippen molar-refractivity contribution in [3.63, 3.8) is 0 Å². The van der Waals surface area contributed by atoms with E-state index in [0.717, 1.165) is 0 Å². The Kier molecular flexibility index (Phi) is 13.7. The van der Waals surface area contributed by atoms with Crippen LogP contribution in [0, 0.1) is 0 Å². The van der Waals surface area contributed by atoms with Crippen LogP contribution in [0.1, 0.15) is 39.0 Å². The number of thioether (sulfide) groups is 1. The van der Waals surface area contributed by atoms with E-state index in [1.54, 1.807) is 6.26 Å². The number of rotatable bonds is 16. The number of hydrogen-bond acceptors (Lipinski definition) is 8. The van der Waals surface area contributed by atoms with Crippen molar-refractivity contribution < 1.29 is 39.0 Å². The second-order valence-electron chi connectivity index (χ2n) is 7.02. The lowest BCUT2D eigenvalue weighted by Crippen LogP contribution is -2.57. The lowest BCUT2D eigenvalue weighted by atomic mass is 10.1. The topological polar surface area (TPSA) is 231 Å². The molecule has 0 aromatic carbocycles. The van der Waals surface area contributed by atoms with E-state index in [2.05, 4.69) is 16.0 Å². The van der Waals surface area contributed by atoms with E-state index in [-0.39, 0.29) is 25.7 Å². The summed E-state index contributed by atoms with van der Waals surface area (Å²) < 4.78 is 0. The average molecular weight is 478 g/mol. The van der Waals surface area contributed by atoms with Crippen molar-refractivity contribution in [2.24, 2.45) is 11.5 Å². The van der Waals surface area contributed by atoms with E-state index in [4.69, 9.17) is 21.7 Å². The van der Waals surface area contributed by atoms with Gasteiger partial charge in [0.15, 0.2) is 0 Å². The van der Waals surface area contributed by atoms with Crippen molar-refractivity contribution in [1.29, 1.82) is 0 Å². The highest BCUT2D eigenvalue weighted by atomic mass is 32.2. The second-order valence-corrected chi connectivity index (χ2v) is 8.00. The van der Waals surface area contributed by atoms with Gasteiger partial charge in [-0.1, -0.05) is 0 Å². The molecular formula is C18H31N5O8S. The summed E-state index contributed by atoms with van der Waals surface area (Å²) in [5.41, 5.74) is 10.7. The first kappa shape index (κ1) is 29.1. The van der Waals surface area contributed by atoms with Gasteiger partial charge in [0.1, 0.15) is 18.1 Å². The molecule has 0 aromatic rings. The number of hydrogen-bond donors (Lipinski definition) is 7. The molecule has 182 valence electrons. The van der Waals surface area contributed by atoms with Gasteiger partial charge in [0.25, 0.3) is 0 Å². The zero-order chi connectivity index (χ0) is 24.8. The molecule has 14 heteroatoms. The highest BCUT2D eigenvalue weighted by molar-refractivity contribution is 7.98. The van der Waals surface area contributed by atoms with Gasteiger partial charge < -0.3 is 37.6 Å². The molecule has 0 bridgehead atoms. The zero-order valence-corrected chi connectivity index (χ0v) is 18.8. The molecule has 0 radical (unpaired) electrons. The molecular weight excluding hydrogens is 446 g/mol. The minimum absolute atomic E-state index is 0.0692. The van der Waals surface area contributed by atoms with E-state index < -0.39 is 66.2 Å². The molecule has 0 aliphatic carbocycles. The van der Waals surface area contributed by atoms with E-state index >= 15 is 0 Å². The highest BCUT2D eigenvalue weighted by Gasteiger charge is 2.29. The Balaban J connectivity index is 5.34. The normalized spacial score (nSPS) is 14.3. The Labute approximate surface area is 189 Å². The third kappa shape index (κ3) is 12.1. The van der Waals surface area contributed by atoms with E-state index in [0.29, 0.717) is 5.75 Å². The van der Waals surface area contributed by atoms with Gasteiger partial charge in [0.2, 0.25) is 23.6 Å². The molecule has 4 atom stereocenters. The van der Waals surface area contributed by atoms with Crippen LogP contribution in [0.15, 0.2) is 0 Å². The Bertz CT molecular complexity index is 705. The minimum Gasteiger partial charge on any atom is -0.481 e. The minimum atomic E-state index is -1.32. The highest BCUT2D eigenvalue weighted by Crippen LogP contribution is 2.06. The molecule has 4 unspecified atom stereocenters. The molecule has 0 heterocycles. The number of primary amides is 1. The Morgan fingerprint density at radius 1 is 0.844 bits per heavy atom. The predicted octanol–water partition coefficient (Wildman–Crippen LogP) is -2.24. The van der Waals surface area contributed by atoms with Crippen LogP contribution in [0.5, 0.6) is 0 Å². The monoisotopic (exact) mass is 477 g/mol. The van der Waals surface area contributed by atoms with Gasteiger partial charge in [-0.15, -0.1) is 0 Å². The number of carboxylic acid groups (broad SMARTS) is 2. The second kappa shape index (κ2) is 15.0. The van der Waals surface area contributed by atoms with Crippen LogP contribution < -0.4 is 27.4 Å². The van der Waals surface area contributed by atoms with E-state index in [1.165, 1.54) is 18.7 Å². The van der Waals surface area contributed by atoms with Crippen LogP contribution in [0.3, 0.4) is 0 Å². The molecule has 0 fully saturated rings. The summed E-state index contributed by atoms with van der Waals surface area (Å²) in [4.78, 5) is 70.2. The molecule has 0 spiro atoms. The summed E-state index contributed by atoms with van der Waals surface area (Å²) in [6, 6.07) is -4.78. The fraction of sp³-hybridized carbons (Fsp3) is 0.667. The Hall–Kier alpha value is -2.87. The fourth-order valence-corrected chi connectivity index (χ4v) is 2.87. The lowest BCUT2D eigenvalue weighted by Gasteiger charge is -2.24. The number of carboxylic acids is 2. The van der Waals surface area contributed by atoms with Crippen molar-refractivity contribution in [2.45, 2.75) is 63.2 Å². The van der Waals surface area contributed by atoms with Crippen molar-refractivity contribution >= 4 is 47.3 Å². The van der Waals surface area contributed by atoms with Gasteiger partial charge >= 0.3 is 11.9 Å². The molecule has 0 rings (SSSR count). The van der Waals surface area contributed by atoms with Crippen LogP contribution >= 0.6 is 11.8 Å². The lowest BCUT2D eigenvalue weighted by molar-refractivity contribution is -0.141. The number of nitrogens with two attached hydrogens (primary N) is 2. The van der Waals surface area contributed by atoms with Crippen LogP contribution in [0.25, 0.3) is 0 Å². The first-order valence-corrected chi connectivity index (χ1v) is 11.2. The van der Waals surface area contributed by atoms with Crippen LogP contribution in [-0.2, 0) is 28.8 Å². The molecule has 32 heavy (non-hydrogen) atoms. The average Bonchev–Trinajstić information content (AvgIpc) is 2.71. The molecule has 0 saturated heterocycles. The van der Waals surface area contributed by atoms with Crippen molar-refractivity contribution in [3.05, 3.63) is 0 Å². The summed E-state index contributed by atoms with van der Waals surface area (Å²) >= 11 is 1.40. The van der Waals surface area contributed by atoms with Gasteiger partial charge in [0.05, 0.1) is 6.04 Å². The summed E-state index contributed by atoms with van der Waals surface area (Å²) in [5.74, 6) is -5.01. The molecule has 0 aliphatic rings. The van der Waals surface area contributed by atoms with E-state index in [1.807, 2.05) is 0 Å². The number of carbonyl (C=O) groups is 6. The molecule has 9 N–H and O–H groups in total. The molecule has 0 saturated carbocycles. The number of amides is 4. The largest absolute Gasteiger partial charge is 0.481 e. The quantitative estimate of drug-likeness (QED) is 0.126. The molecule has 4 amide bonds. The van der Waals surface area contributed by atoms with Crippen molar-refractivity contribution in [3.8, 4) is 0 Å². The van der Waals surface area contributed by atoms with Crippen molar-refractivity contribution in [1.82, 2.24) is 16.0 Å². The van der Waals surface area contributed by atoms with Crippen LogP contribution in [0.2, 0.25) is 0 Å². The molecule has 0 aromatic heterocycles. The maximum Gasteiger partial charge on any atom is 0.325 e. The Morgan fingerprint density at radius 3 is 1.88 bits per heavy atom. The summed E-state index contributed by atoms with van der Waals surface area (Å²) in [6.07, 6.45) is 0.993. The first-order chi connectivity index (χ1) is 14.9. The number of aliphatic carboxylic acids is 2. The summed E-state index contributed by atoms with van der Waals surface area (Å²) in [7, 11) is 0. The smallest absolute Gasteiger partial charge is 0.325 e. The van der Waals surface area contributed by atoms with Crippen molar-refractivity contribution in [2.75, 3.05) is 12.0 Å². The maximum atomic E-state index is 12.7. The van der Waals surface area contributed by atoms with Crippen LogP contribution in [0.4, 0.5) is 0 Å². The third-order valence-electron chi connectivity index (χ3n) is 4.29. The summed E-state index contributed by atoms with van der Waals surface area (Å²) in [5, 5.41) is 24.9. The molecule has 0 aliphatic heterocycles. The standard InChI is InChI=1S/C18H31N5O8S/c1-9(18(30)31)21-16(28)12(7-8-32-2)23-17(29)11(4-6-14(25)26)22-15(27)10(19)3-5-13(20)24/h9-12H,3-8,19H2,1-2H3,(H2,20,24)(H,21,28)(H,22,27)(H,23,29)(H,25,26)(H,30,31). The SMILES string of the molecule is CSCCC(NC(=O)C(CCC(=O)O)NC(=O)C(N)CCC(N)=O)C(=O)NC(C)C(=O)O. The zero-order valence-electron chi connectivity index (χ0n) is 18.0. The summed E-state index contributed by atoms with van der Waals surface area (Å²) in [6.45, 7) is 1.26. The third-order valence-corrected chi connectivity index (χ3v) is 4.94. The van der Waals surface area contributed by atoms with Gasteiger partial charge in [-0.3, -0.25) is 28.8 Å². The van der Waals surface area contributed by atoms with E-state index in [9.17, 15) is 28.8 Å². The maximum absolute atomic E-state index is 12.7. The fourth-order valence-electron chi connectivity index (χ4n) is 2.40. The first-order valence-electron chi connectivity index (χ1n) is 9.77. The van der Waals surface area contributed by atoms with Gasteiger partial charge in [-0.25, -0.2) is 0 Å². The number of nitrogens with one attached hydrogen (secondary N) is 3. The molecule has 13 nitrogen and oxygen atoms in total. The number of carbonyl (C=O) groups excluding carboxylic acids is 4. The van der Waals surface area contributed by atoms with Gasteiger partial charge in [-0.05, 0) is 38.2 Å². The predicted molar refractivity (Wildman–Crippen MR) is 115 cm³/mol. The Morgan fingerprint density at radius 2 is 1.38 bits per heavy atom. The van der Waals surface area contributed by atoms with Gasteiger partial charge in [0, 0.05) is 12.8 Å².